The Labute approximate surface area is 497 Å². The van der Waals surface area contributed by atoms with E-state index < -0.39 is 243 Å². The molecule has 28 nitrogen and oxygen atoms in total. The summed E-state index contributed by atoms with van der Waals surface area (Å²) < 4.78 is 0. The predicted molar refractivity (Wildman–Crippen MR) is 296 cm³/mol. The van der Waals surface area contributed by atoms with Crippen LogP contribution < -0.4 is 0 Å². The topological polar surface area (TPSA) is 522 Å². The highest BCUT2D eigenvalue weighted by molar-refractivity contribution is 5.87. The minimum Gasteiger partial charge on any atom is -0.481 e. The summed E-state index contributed by atoms with van der Waals surface area (Å²) in [5, 5.41) is 148. The fraction of sp³-hybridized carbons (Fsp3) is 0.759. The summed E-state index contributed by atoms with van der Waals surface area (Å²) in [7, 11) is 0. The smallest absolute Gasteiger partial charge is 0.309 e. The van der Waals surface area contributed by atoms with Crippen molar-refractivity contribution in [2.24, 2.45) is 75.8 Å². The molecule has 14 N–H and O–H groups in total. The molecule has 86 heavy (non-hydrogen) atoms. The Morgan fingerprint density at radius 1 is 0.174 bits per heavy atom. The van der Waals surface area contributed by atoms with E-state index in [4.69, 9.17) is 0 Å². The van der Waals surface area contributed by atoms with Gasteiger partial charge in [-0.3, -0.25) is 67.1 Å². The first-order chi connectivity index (χ1) is 38.0. The Balaban J connectivity index is 7.94. The third-order valence-electron chi connectivity index (χ3n) is 18.3. The Hall–Kier alpha value is -7.42. The lowest BCUT2D eigenvalue weighted by Crippen LogP contribution is -2.51. The first-order valence-electron chi connectivity index (χ1n) is 27.2. The summed E-state index contributed by atoms with van der Waals surface area (Å²) in [5.41, 5.74) is -33.5. The van der Waals surface area contributed by atoms with Gasteiger partial charge in [0.1, 0.15) is 0 Å². The number of carboxylic acids is 14. The first kappa shape index (κ1) is 78.6. The number of carbonyl (C=O) groups is 14. The summed E-state index contributed by atoms with van der Waals surface area (Å²) in [5.74, 6) is -25.0. The summed E-state index contributed by atoms with van der Waals surface area (Å²) in [6.45, 7) is 16.0. The largest absolute Gasteiger partial charge is 0.481 e. The maximum atomic E-state index is 13.5. The van der Waals surface area contributed by atoms with Gasteiger partial charge in [0, 0.05) is 0 Å². The molecule has 0 fully saturated rings. The Morgan fingerprint density at radius 2 is 0.267 bits per heavy atom. The minimum atomic E-state index is -2.66. The molecule has 0 rings (SSSR count). The molecule has 0 spiro atoms. The van der Waals surface area contributed by atoms with Crippen LogP contribution in [0.25, 0.3) is 0 Å². The highest BCUT2D eigenvalue weighted by Gasteiger charge is 2.61. The monoisotopic (exact) mass is 1230 g/mol. The number of hydrogen-bond donors (Lipinski definition) is 14. The van der Waals surface area contributed by atoms with Gasteiger partial charge in [0.2, 0.25) is 0 Å². The van der Waals surface area contributed by atoms with Gasteiger partial charge in [-0.1, -0.05) is 6.92 Å². The van der Waals surface area contributed by atoms with E-state index in [1.807, 2.05) is 0 Å². The zero-order chi connectivity index (χ0) is 69.0. The SMILES string of the molecule is CCC(C)(CC(C)(CC(C)(CC(C)(CC(C)(CC(C)(CC(C)(CC(C)(CC(C)(CC(C)(CC(C)(CC(C)(CC(C)(CC(C)(C)C(=O)O)C(=O)O)C(=O)O)C(=O)O)C(=O)O)C(=O)O)C(=O)O)C(=O)O)C(=O)O)C(=O)O)C(=O)O)C(=O)O)C(=O)O)C(=O)O. The van der Waals surface area contributed by atoms with Crippen LogP contribution in [0.2, 0.25) is 0 Å². The predicted octanol–water partition coefficient (Wildman–Crippen LogP) is 7.76. The van der Waals surface area contributed by atoms with E-state index in [1.54, 1.807) is 0 Å². The maximum Gasteiger partial charge on any atom is 0.309 e. The van der Waals surface area contributed by atoms with Crippen molar-refractivity contribution in [2.75, 3.05) is 0 Å². The lowest BCUT2D eigenvalue weighted by Gasteiger charge is -2.46. The molecule has 0 amide bonds. The van der Waals surface area contributed by atoms with Gasteiger partial charge in [0.05, 0.1) is 75.8 Å². The average Bonchev–Trinajstić information content (AvgIpc) is 3.29. The van der Waals surface area contributed by atoms with Gasteiger partial charge in [-0.15, -0.1) is 0 Å². The van der Waals surface area contributed by atoms with E-state index in [-0.39, 0.29) is 6.42 Å². The molecule has 28 heteroatoms. The Morgan fingerprint density at radius 3 is 0.349 bits per heavy atom. The van der Waals surface area contributed by atoms with Crippen molar-refractivity contribution in [2.45, 2.75) is 201 Å². The van der Waals surface area contributed by atoms with Crippen molar-refractivity contribution in [1.29, 1.82) is 0 Å². The molecule has 0 aromatic heterocycles. The van der Waals surface area contributed by atoms with Crippen LogP contribution in [0.3, 0.4) is 0 Å². The van der Waals surface area contributed by atoms with Crippen LogP contribution >= 0.6 is 0 Å². The molecule has 13 atom stereocenters. The van der Waals surface area contributed by atoms with Gasteiger partial charge < -0.3 is 71.5 Å². The molecular formula is C58H90O28. The van der Waals surface area contributed by atoms with Crippen molar-refractivity contribution >= 4 is 83.6 Å². The van der Waals surface area contributed by atoms with E-state index in [2.05, 4.69) is 0 Å². The maximum absolute atomic E-state index is 13.5. The molecule has 0 radical (unpaired) electrons. The first-order valence-corrected chi connectivity index (χ1v) is 27.2. The van der Waals surface area contributed by atoms with Crippen LogP contribution in [0.1, 0.15) is 201 Å². The molecular weight excluding hydrogens is 1140 g/mol. The second-order valence-electron chi connectivity index (χ2n) is 29.1. The molecule has 0 saturated heterocycles. The van der Waals surface area contributed by atoms with E-state index >= 15 is 0 Å². The highest BCUT2D eigenvalue weighted by atomic mass is 16.4. The molecule has 490 valence electrons. The highest BCUT2D eigenvalue weighted by Crippen LogP contribution is 2.58. The standard InChI is InChI=1S/C58H90O28/c1-17-46(4,32(61)62)19-48(6,34(65)66)21-50(8,36(69)70)23-52(10,38(73)74)25-54(12,40(77)78)27-56(14,42(81)82)29-58(16,44(85)86)30-57(15,43(83)84)28-55(13,41(79)80)26-53(11,39(75)76)24-51(9,37(71)72)22-49(7,35(67)68)20-47(5,33(63)64)18-45(2,3)31(59)60/h17-30H2,1-16H3,(H,59,60)(H,61,62)(H,63,64)(H,65,66)(H,67,68)(H,69,70)(H,71,72)(H,73,74)(H,75,76)(H,77,78)(H,79,80)(H,81,82)(H,83,84)(H,85,86). The quantitative estimate of drug-likeness (QED) is 0.0278. The van der Waals surface area contributed by atoms with Crippen molar-refractivity contribution in [3.8, 4) is 0 Å². The fourth-order valence-electron chi connectivity index (χ4n) is 14.3. The average molecular weight is 1240 g/mol. The number of hydrogen-bond acceptors (Lipinski definition) is 14. The van der Waals surface area contributed by atoms with Crippen LogP contribution in [0.5, 0.6) is 0 Å². The van der Waals surface area contributed by atoms with Crippen LogP contribution in [-0.2, 0) is 67.1 Å². The zero-order valence-corrected chi connectivity index (χ0v) is 51.9. The van der Waals surface area contributed by atoms with Gasteiger partial charge in [-0.25, -0.2) is 0 Å². The van der Waals surface area contributed by atoms with Crippen LogP contribution in [0.15, 0.2) is 0 Å². The van der Waals surface area contributed by atoms with Crippen LogP contribution in [0.4, 0.5) is 0 Å². The van der Waals surface area contributed by atoms with Crippen molar-refractivity contribution in [3.05, 3.63) is 0 Å². The van der Waals surface area contributed by atoms with E-state index in [9.17, 15) is 139 Å². The fourth-order valence-corrected chi connectivity index (χ4v) is 14.3. The Kier molecular flexibility index (Phi) is 23.7. The van der Waals surface area contributed by atoms with Crippen molar-refractivity contribution < 1.29 is 139 Å². The minimum absolute atomic E-state index is 0.123. The van der Waals surface area contributed by atoms with E-state index in [0.29, 0.717) is 0 Å². The van der Waals surface area contributed by atoms with Crippen LogP contribution in [0, 0.1) is 75.8 Å². The van der Waals surface area contributed by atoms with Gasteiger partial charge in [0.15, 0.2) is 0 Å². The molecule has 0 bridgehead atoms. The summed E-state index contributed by atoms with van der Waals surface area (Å²) in [6, 6.07) is 0. The normalized spacial score (nSPS) is 21.2. The zero-order valence-electron chi connectivity index (χ0n) is 51.9. The van der Waals surface area contributed by atoms with E-state index in [0.717, 1.165) is 83.1 Å². The number of rotatable bonds is 41. The molecule has 0 aliphatic rings. The lowest BCUT2D eigenvalue weighted by atomic mass is 9.55. The van der Waals surface area contributed by atoms with Crippen LogP contribution in [-0.4, -0.2) is 155 Å². The van der Waals surface area contributed by atoms with Gasteiger partial charge >= 0.3 is 83.6 Å². The second-order valence-corrected chi connectivity index (χ2v) is 29.1. The van der Waals surface area contributed by atoms with Crippen molar-refractivity contribution in [3.63, 3.8) is 0 Å². The van der Waals surface area contributed by atoms with Gasteiger partial charge in [-0.05, 0) is 194 Å². The number of aliphatic carboxylic acids is 14. The third kappa shape index (κ3) is 17.6. The molecule has 0 saturated carbocycles. The van der Waals surface area contributed by atoms with E-state index in [1.165, 1.54) is 27.7 Å². The molecule has 0 aliphatic carbocycles. The number of carboxylic acid groups (broad SMARTS) is 14. The lowest BCUT2D eigenvalue weighted by molar-refractivity contribution is -0.171. The molecule has 0 aliphatic heterocycles. The summed E-state index contributed by atoms with van der Waals surface area (Å²) in [4.78, 5) is 184. The van der Waals surface area contributed by atoms with Gasteiger partial charge in [0.25, 0.3) is 0 Å². The molecule has 0 aromatic rings. The molecule has 0 heterocycles. The Bertz CT molecular complexity index is 2750. The third-order valence-corrected chi connectivity index (χ3v) is 18.3. The second kappa shape index (κ2) is 25.9. The molecule has 13 unspecified atom stereocenters. The van der Waals surface area contributed by atoms with Crippen molar-refractivity contribution in [1.82, 2.24) is 0 Å². The molecule has 0 aromatic carbocycles. The van der Waals surface area contributed by atoms with Gasteiger partial charge in [-0.2, -0.15) is 0 Å². The summed E-state index contributed by atoms with van der Waals surface area (Å²) in [6.07, 6.45) is -13.7. The summed E-state index contributed by atoms with van der Waals surface area (Å²) >= 11 is 0.